The van der Waals surface area contributed by atoms with Gasteiger partial charge in [0.05, 0.1) is 6.20 Å². The van der Waals surface area contributed by atoms with Crippen molar-refractivity contribution in [3.63, 3.8) is 0 Å². The summed E-state index contributed by atoms with van der Waals surface area (Å²) in [5.41, 5.74) is 0.913. The second-order valence-corrected chi connectivity index (χ2v) is 6.76. The van der Waals surface area contributed by atoms with E-state index in [1.165, 1.54) is 38.2 Å². The molecule has 5 nitrogen and oxygen atoms in total. The van der Waals surface area contributed by atoms with Crippen molar-refractivity contribution in [3.8, 4) is 0 Å². The van der Waals surface area contributed by atoms with Crippen molar-refractivity contribution in [2.24, 2.45) is 5.92 Å². The largest absolute Gasteiger partial charge is 0.350 e. The zero-order valence-electron chi connectivity index (χ0n) is 14.5. The third-order valence-corrected chi connectivity index (χ3v) is 4.90. The Morgan fingerprint density at radius 1 is 1.24 bits per heavy atom. The van der Waals surface area contributed by atoms with Crippen LogP contribution in [-0.2, 0) is 13.0 Å². The van der Waals surface area contributed by atoms with Crippen molar-refractivity contribution in [1.82, 2.24) is 20.3 Å². The van der Waals surface area contributed by atoms with Gasteiger partial charge in [0, 0.05) is 13.1 Å². The molecule has 1 fully saturated rings. The quantitative estimate of drug-likeness (QED) is 0.838. The van der Waals surface area contributed by atoms with Crippen molar-refractivity contribution in [3.05, 3.63) is 47.5 Å². The second-order valence-electron chi connectivity index (χ2n) is 6.76. The van der Waals surface area contributed by atoms with Crippen LogP contribution in [0.5, 0.6) is 0 Å². The Hall–Kier alpha value is -2.24. The fourth-order valence-electron chi connectivity index (χ4n) is 3.40. The van der Waals surface area contributed by atoms with E-state index >= 15 is 0 Å². The Kier molecular flexibility index (Phi) is 6.14. The van der Waals surface area contributed by atoms with E-state index in [0.29, 0.717) is 24.2 Å². The fraction of sp³-hybridized carbons (Fsp3) is 0.526. The maximum atomic E-state index is 13.5. The van der Waals surface area contributed by atoms with Crippen molar-refractivity contribution < 1.29 is 9.18 Å². The van der Waals surface area contributed by atoms with Gasteiger partial charge in [0.25, 0.3) is 5.91 Å². The van der Waals surface area contributed by atoms with Gasteiger partial charge in [-0.05, 0) is 30.4 Å². The predicted octanol–water partition coefficient (Wildman–Crippen LogP) is 3.36. The van der Waals surface area contributed by atoms with Crippen molar-refractivity contribution in [2.75, 3.05) is 6.54 Å². The van der Waals surface area contributed by atoms with Gasteiger partial charge in [-0.3, -0.25) is 9.48 Å². The molecule has 1 aromatic carbocycles. The molecule has 3 rings (SSSR count). The number of benzene rings is 1. The molecule has 0 spiro atoms. The highest BCUT2D eigenvalue weighted by atomic mass is 19.1. The van der Waals surface area contributed by atoms with Gasteiger partial charge in [-0.2, -0.15) is 0 Å². The summed E-state index contributed by atoms with van der Waals surface area (Å²) < 4.78 is 15.3. The maximum Gasteiger partial charge on any atom is 0.273 e. The molecule has 1 aliphatic carbocycles. The van der Waals surface area contributed by atoms with Crippen LogP contribution in [0, 0.1) is 11.7 Å². The fourth-order valence-corrected chi connectivity index (χ4v) is 3.40. The molecule has 1 saturated carbocycles. The number of hydrogen-bond donors (Lipinski definition) is 1. The number of carbonyl (C=O) groups is 1. The van der Waals surface area contributed by atoms with Gasteiger partial charge in [0.15, 0.2) is 5.69 Å². The standard InChI is InChI=1S/C19H25FN4O/c20-17-9-5-4-8-16(17)10-12-21-19(25)18-14-24(23-22-18)13-11-15-6-2-1-3-7-15/h4-5,8-9,14-15H,1-3,6-7,10-13H2,(H,21,25). The van der Waals surface area contributed by atoms with Gasteiger partial charge in [-0.25, -0.2) is 4.39 Å². The van der Waals surface area contributed by atoms with E-state index in [4.69, 9.17) is 0 Å². The van der Waals surface area contributed by atoms with Crippen LogP contribution >= 0.6 is 0 Å². The lowest BCUT2D eigenvalue weighted by Crippen LogP contribution is -2.26. The number of carbonyl (C=O) groups excluding carboxylic acids is 1. The minimum Gasteiger partial charge on any atom is -0.350 e. The van der Waals surface area contributed by atoms with E-state index in [1.807, 2.05) is 0 Å². The predicted molar refractivity (Wildman–Crippen MR) is 93.7 cm³/mol. The molecule has 0 atom stereocenters. The summed E-state index contributed by atoms with van der Waals surface area (Å²) >= 11 is 0. The van der Waals surface area contributed by atoms with Gasteiger partial charge in [-0.15, -0.1) is 5.10 Å². The van der Waals surface area contributed by atoms with E-state index in [1.54, 1.807) is 29.1 Å². The Bertz CT molecular complexity index is 694. The van der Waals surface area contributed by atoms with Gasteiger partial charge in [-0.1, -0.05) is 55.5 Å². The number of amides is 1. The van der Waals surface area contributed by atoms with Gasteiger partial charge in [0.1, 0.15) is 5.82 Å². The molecule has 0 unspecified atom stereocenters. The van der Waals surface area contributed by atoms with Gasteiger partial charge in [0.2, 0.25) is 0 Å². The second kappa shape index (κ2) is 8.74. The SMILES string of the molecule is O=C(NCCc1ccccc1F)c1cn(CCC2CCCCC2)nn1. The van der Waals surface area contributed by atoms with Gasteiger partial charge >= 0.3 is 0 Å². The number of halogens is 1. The van der Waals surface area contributed by atoms with Crippen LogP contribution in [0.15, 0.2) is 30.5 Å². The summed E-state index contributed by atoms with van der Waals surface area (Å²) in [6, 6.07) is 6.60. The van der Waals surface area contributed by atoms with E-state index in [0.717, 1.165) is 18.9 Å². The Balaban J connectivity index is 1.43. The summed E-state index contributed by atoms with van der Waals surface area (Å²) in [5, 5.41) is 10.8. The molecule has 1 aromatic heterocycles. The van der Waals surface area contributed by atoms with Crippen LogP contribution in [0.2, 0.25) is 0 Å². The molecule has 1 amide bonds. The van der Waals surface area contributed by atoms with Crippen molar-refractivity contribution >= 4 is 5.91 Å². The first kappa shape index (κ1) is 17.6. The van der Waals surface area contributed by atoms with E-state index < -0.39 is 0 Å². The lowest BCUT2D eigenvalue weighted by molar-refractivity contribution is 0.0949. The molecule has 0 saturated heterocycles. The van der Waals surface area contributed by atoms with E-state index in [-0.39, 0.29) is 11.7 Å². The highest BCUT2D eigenvalue weighted by Crippen LogP contribution is 2.26. The molecule has 2 aromatic rings. The van der Waals surface area contributed by atoms with E-state index in [2.05, 4.69) is 15.6 Å². The molecule has 0 radical (unpaired) electrons. The average molecular weight is 344 g/mol. The summed E-state index contributed by atoms with van der Waals surface area (Å²) in [7, 11) is 0. The van der Waals surface area contributed by atoms with Crippen LogP contribution in [0.1, 0.15) is 54.6 Å². The molecule has 1 heterocycles. The molecular formula is C19H25FN4O. The first-order valence-electron chi connectivity index (χ1n) is 9.14. The summed E-state index contributed by atoms with van der Waals surface area (Å²) in [6.07, 6.45) is 9.87. The first-order chi connectivity index (χ1) is 12.2. The summed E-state index contributed by atoms with van der Waals surface area (Å²) in [5.74, 6) is 0.265. The highest BCUT2D eigenvalue weighted by Gasteiger charge is 2.15. The monoisotopic (exact) mass is 344 g/mol. The normalized spacial score (nSPS) is 15.2. The van der Waals surface area contributed by atoms with Crippen molar-refractivity contribution in [1.29, 1.82) is 0 Å². The number of nitrogens with zero attached hydrogens (tertiary/aromatic N) is 3. The topological polar surface area (TPSA) is 59.8 Å². The number of aromatic nitrogens is 3. The third-order valence-electron chi connectivity index (χ3n) is 4.90. The van der Waals surface area contributed by atoms with Crippen LogP contribution in [0.25, 0.3) is 0 Å². The minimum absolute atomic E-state index is 0.245. The van der Waals surface area contributed by atoms with Crippen LogP contribution in [0.3, 0.4) is 0 Å². The minimum atomic E-state index is -0.264. The summed E-state index contributed by atoms with van der Waals surface area (Å²) in [6.45, 7) is 1.18. The number of nitrogens with one attached hydrogen (secondary N) is 1. The molecule has 1 N–H and O–H groups in total. The van der Waals surface area contributed by atoms with Crippen molar-refractivity contribution in [2.45, 2.75) is 51.5 Å². The zero-order valence-corrected chi connectivity index (χ0v) is 14.5. The van der Waals surface area contributed by atoms with Crippen LogP contribution < -0.4 is 5.32 Å². The van der Waals surface area contributed by atoms with Crippen LogP contribution in [-0.4, -0.2) is 27.4 Å². The average Bonchev–Trinajstić information content (AvgIpc) is 3.11. The third kappa shape index (κ3) is 5.11. The Morgan fingerprint density at radius 3 is 2.84 bits per heavy atom. The zero-order chi connectivity index (χ0) is 17.5. The number of rotatable bonds is 7. The molecule has 6 heteroatoms. The first-order valence-corrected chi connectivity index (χ1v) is 9.14. The maximum absolute atomic E-state index is 13.5. The number of aryl methyl sites for hydroxylation is 1. The van der Waals surface area contributed by atoms with Gasteiger partial charge < -0.3 is 5.32 Å². The molecule has 25 heavy (non-hydrogen) atoms. The molecule has 134 valence electrons. The molecule has 0 bridgehead atoms. The number of hydrogen-bond acceptors (Lipinski definition) is 3. The highest BCUT2D eigenvalue weighted by molar-refractivity contribution is 5.91. The molecular weight excluding hydrogens is 319 g/mol. The lowest BCUT2D eigenvalue weighted by Gasteiger charge is -2.20. The smallest absolute Gasteiger partial charge is 0.273 e. The van der Waals surface area contributed by atoms with E-state index in [9.17, 15) is 9.18 Å². The molecule has 1 aliphatic rings. The summed E-state index contributed by atoms with van der Waals surface area (Å²) in [4.78, 5) is 12.1. The lowest BCUT2D eigenvalue weighted by atomic mass is 9.87. The van der Waals surface area contributed by atoms with Crippen LogP contribution in [0.4, 0.5) is 4.39 Å². The Morgan fingerprint density at radius 2 is 2.04 bits per heavy atom. The Labute approximate surface area is 147 Å². The molecule has 0 aliphatic heterocycles.